The van der Waals surface area contributed by atoms with Gasteiger partial charge in [-0.05, 0) is 5.92 Å². The number of nitrogens with one attached hydrogen (secondary N) is 1. The topological polar surface area (TPSA) is 99.6 Å². The first-order valence-electron chi connectivity index (χ1n) is 5.98. The van der Waals surface area contributed by atoms with Crippen molar-refractivity contribution < 1.29 is 14.3 Å². The molecule has 1 rings (SSSR count). The maximum atomic E-state index is 11.4. The molecule has 0 aliphatic rings. The second kappa shape index (κ2) is 6.17. The van der Waals surface area contributed by atoms with Gasteiger partial charge in [-0.25, -0.2) is 0 Å². The van der Waals surface area contributed by atoms with E-state index < -0.39 is 11.9 Å². The van der Waals surface area contributed by atoms with Crippen LogP contribution in [0.15, 0.2) is 12.1 Å². The molecule has 106 valence electrons. The molecule has 0 saturated heterocycles. The molecule has 0 aliphatic heterocycles. The van der Waals surface area contributed by atoms with E-state index in [-0.39, 0.29) is 5.92 Å². The minimum atomic E-state index is -0.500. The van der Waals surface area contributed by atoms with Gasteiger partial charge in [-0.3, -0.25) is 4.79 Å². The summed E-state index contributed by atoms with van der Waals surface area (Å²) in [6.07, 6.45) is 0. The number of carbonyl (C=O) groups excluding carboxylic acids is 1. The van der Waals surface area contributed by atoms with Crippen molar-refractivity contribution >= 4 is 17.3 Å². The minimum Gasteiger partial charge on any atom is -0.493 e. The highest BCUT2D eigenvalue weighted by Crippen LogP contribution is 2.35. The SMILES string of the molecule is COc1cc(N)c(NC(C(N)=O)C(C)C)cc1OC. The molecule has 1 unspecified atom stereocenters. The summed E-state index contributed by atoms with van der Waals surface area (Å²) in [4.78, 5) is 11.4. The number of methoxy groups -OCH3 is 2. The summed E-state index contributed by atoms with van der Waals surface area (Å²) in [6, 6.07) is 2.83. The number of rotatable bonds is 6. The van der Waals surface area contributed by atoms with Gasteiger partial charge >= 0.3 is 0 Å². The van der Waals surface area contributed by atoms with Gasteiger partial charge in [0, 0.05) is 12.1 Å². The van der Waals surface area contributed by atoms with E-state index in [0.29, 0.717) is 22.9 Å². The van der Waals surface area contributed by atoms with Crippen molar-refractivity contribution in [1.82, 2.24) is 0 Å². The van der Waals surface area contributed by atoms with Crippen LogP contribution in [0, 0.1) is 5.92 Å². The Hall–Kier alpha value is -2.11. The first kappa shape index (κ1) is 14.9. The Balaban J connectivity index is 3.10. The van der Waals surface area contributed by atoms with Crippen molar-refractivity contribution in [2.24, 2.45) is 11.7 Å². The number of amides is 1. The van der Waals surface area contributed by atoms with Gasteiger partial charge in [0.1, 0.15) is 6.04 Å². The number of nitrogen functional groups attached to an aromatic ring is 1. The second-order valence-electron chi connectivity index (χ2n) is 4.56. The average Bonchev–Trinajstić information content (AvgIpc) is 2.35. The van der Waals surface area contributed by atoms with E-state index in [2.05, 4.69) is 5.32 Å². The van der Waals surface area contributed by atoms with Crippen LogP contribution >= 0.6 is 0 Å². The molecular weight excluding hydrogens is 246 g/mol. The quantitative estimate of drug-likeness (QED) is 0.673. The Morgan fingerprint density at radius 3 is 2.16 bits per heavy atom. The van der Waals surface area contributed by atoms with Crippen molar-refractivity contribution in [2.45, 2.75) is 19.9 Å². The molecule has 1 aromatic carbocycles. The zero-order chi connectivity index (χ0) is 14.6. The summed E-state index contributed by atoms with van der Waals surface area (Å²) in [7, 11) is 3.07. The van der Waals surface area contributed by atoms with Crippen LogP contribution in [0.5, 0.6) is 11.5 Å². The predicted octanol–water partition coefficient (Wildman–Crippen LogP) is 1.21. The van der Waals surface area contributed by atoms with Crippen LogP contribution in [0.25, 0.3) is 0 Å². The van der Waals surface area contributed by atoms with E-state index in [4.69, 9.17) is 20.9 Å². The molecule has 6 nitrogen and oxygen atoms in total. The highest BCUT2D eigenvalue weighted by molar-refractivity contribution is 5.85. The molecule has 0 aliphatic carbocycles. The largest absolute Gasteiger partial charge is 0.493 e. The lowest BCUT2D eigenvalue weighted by molar-refractivity contribution is -0.119. The second-order valence-corrected chi connectivity index (χ2v) is 4.56. The molecule has 5 N–H and O–H groups in total. The third-order valence-corrected chi connectivity index (χ3v) is 2.84. The monoisotopic (exact) mass is 267 g/mol. The first-order chi connectivity index (χ1) is 8.90. The summed E-state index contributed by atoms with van der Waals surface area (Å²) in [5.41, 5.74) is 12.3. The highest BCUT2D eigenvalue weighted by Gasteiger charge is 2.21. The van der Waals surface area contributed by atoms with E-state index >= 15 is 0 Å². The minimum absolute atomic E-state index is 0.0463. The van der Waals surface area contributed by atoms with E-state index in [1.165, 1.54) is 14.2 Å². The molecule has 0 saturated carbocycles. The molecule has 0 radical (unpaired) electrons. The van der Waals surface area contributed by atoms with Gasteiger partial charge in [-0.1, -0.05) is 13.8 Å². The van der Waals surface area contributed by atoms with Crippen molar-refractivity contribution in [3.8, 4) is 11.5 Å². The van der Waals surface area contributed by atoms with Crippen LogP contribution in [0.2, 0.25) is 0 Å². The van der Waals surface area contributed by atoms with Crippen molar-refractivity contribution in [3.63, 3.8) is 0 Å². The number of carbonyl (C=O) groups is 1. The number of hydrogen-bond acceptors (Lipinski definition) is 5. The summed E-state index contributed by atoms with van der Waals surface area (Å²) in [6.45, 7) is 3.80. The number of primary amides is 1. The fraction of sp³-hybridized carbons (Fsp3) is 0.462. The number of hydrogen-bond donors (Lipinski definition) is 3. The third-order valence-electron chi connectivity index (χ3n) is 2.84. The van der Waals surface area contributed by atoms with Gasteiger partial charge in [0.05, 0.1) is 25.6 Å². The standard InChI is InChI=1S/C13H21N3O3/c1-7(2)12(13(15)17)16-9-6-11(19-4)10(18-3)5-8(9)14/h5-7,12,16H,14H2,1-4H3,(H2,15,17). The molecule has 1 atom stereocenters. The number of nitrogens with two attached hydrogens (primary N) is 2. The van der Waals surface area contributed by atoms with E-state index in [1.54, 1.807) is 12.1 Å². The van der Waals surface area contributed by atoms with E-state index in [1.807, 2.05) is 13.8 Å². The zero-order valence-corrected chi connectivity index (χ0v) is 11.7. The summed E-state index contributed by atoms with van der Waals surface area (Å²) in [5.74, 6) is 0.686. The zero-order valence-electron chi connectivity index (χ0n) is 11.7. The van der Waals surface area contributed by atoms with Gasteiger partial charge in [-0.2, -0.15) is 0 Å². The van der Waals surface area contributed by atoms with Crippen LogP contribution in [0.1, 0.15) is 13.8 Å². The smallest absolute Gasteiger partial charge is 0.240 e. The van der Waals surface area contributed by atoms with Gasteiger partial charge < -0.3 is 26.3 Å². The third kappa shape index (κ3) is 3.43. The molecule has 19 heavy (non-hydrogen) atoms. The number of ether oxygens (including phenoxy) is 2. The molecule has 0 fully saturated rings. The Morgan fingerprint density at radius 1 is 1.21 bits per heavy atom. The van der Waals surface area contributed by atoms with Gasteiger partial charge in [0.2, 0.25) is 5.91 Å². The van der Waals surface area contributed by atoms with Crippen molar-refractivity contribution in [2.75, 3.05) is 25.3 Å². The molecule has 6 heteroatoms. The summed E-state index contributed by atoms with van der Waals surface area (Å²) >= 11 is 0. The summed E-state index contributed by atoms with van der Waals surface area (Å²) < 4.78 is 10.3. The Bertz CT molecular complexity index is 461. The lowest BCUT2D eigenvalue weighted by Crippen LogP contribution is -2.39. The molecule has 1 aromatic rings. The molecule has 0 aromatic heterocycles. The lowest BCUT2D eigenvalue weighted by atomic mass is 10.0. The van der Waals surface area contributed by atoms with Crippen LogP contribution in [-0.4, -0.2) is 26.2 Å². The molecule has 1 amide bonds. The predicted molar refractivity (Wildman–Crippen MR) is 75.4 cm³/mol. The lowest BCUT2D eigenvalue weighted by Gasteiger charge is -2.22. The molecule has 0 bridgehead atoms. The molecule has 0 spiro atoms. The van der Waals surface area contributed by atoms with E-state index in [9.17, 15) is 4.79 Å². The maximum Gasteiger partial charge on any atom is 0.240 e. The Kier molecular flexibility index (Phi) is 4.86. The first-order valence-corrected chi connectivity index (χ1v) is 5.98. The number of anilines is 2. The van der Waals surface area contributed by atoms with Crippen LogP contribution in [0.3, 0.4) is 0 Å². The van der Waals surface area contributed by atoms with Crippen LogP contribution in [-0.2, 0) is 4.79 Å². The van der Waals surface area contributed by atoms with Crippen LogP contribution in [0.4, 0.5) is 11.4 Å². The van der Waals surface area contributed by atoms with Gasteiger partial charge in [0.25, 0.3) is 0 Å². The maximum absolute atomic E-state index is 11.4. The van der Waals surface area contributed by atoms with Gasteiger partial charge in [-0.15, -0.1) is 0 Å². The highest BCUT2D eigenvalue weighted by atomic mass is 16.5. The van der Waals surface area contributed by atoms with Crippen molar-refractivity contribution in [1.29, 1.82) is 0 Å². The fourth-order valence-corrected chi connectivity index (χ4v) is 1.75. The average molecular weight is 267 g/mol. The van der Waals surface area contributed by atoms with Gasteiger partial charge in [0.15, 0.2) is 11.5 Å². The normalized spacial score (nSPS) is 12.1. The van der Waals surface area contributed by atoms with Crippen molar-refractivity contribution in [3.05, 3.63) is 12.1 Å². The summed E-state index contributed by atoms with van der Waals surface area (Å²) in [5, 5.41) is 3.04. The molecular formula is C13H21N3O3. The van der Waals surface area contributed by atoms with Crippen LogP contribution < -0.4 is 26.3 Å². The Morgan fingerprint density at radius 2 is 1.74 bits per heavy atom. The fourth-order valence-electron chi connectivity index (χ4n) is 1.75. The Labute approximate surface area is 113 Å². The number of benzene rings is 1. The molecule has 0 heterocycles. The van der Waals surface area contributed by atoms with E-state index in [0.717, 1.165) is 0 Å².